The molecule has 3 N–H and O–H groups in total. The van der Waals surface area contributed by atoms with E-state index in [0.29, 0.717) is 15.6 Å². The van der Waals surface area contributed by atoms with Crippen LogP contribution in [0.3, 0.4) is 0 Å². The molecule has 0 unspecified atom stereocenters. The predicted octanol–water partition coefficient (Wildman–Crippen LogP) is 2.92. The number of amides is 1. The minimum Gasteiger partial charge on any atom is -0.321 e. The number of nitrogens with two attached hydrogens (primary N) is 1. The average Bonchev–Trinajstić information content (AvgIpc) is 2.71. The third kappa shape index (κ3) is 3.44. The van der Waals surface area contributed by atoms with Gasteiger partial charge in [-0.25, -0.2) is 13.6 Å². The van der Waals surface area contributed by atoms with Crippen LogP contribution in [0, 0.1) is 13.8 Å². The van der Waals surface area contributed by atoms with E-state index < -0.39 is 10.0 Å². The summed E-state index contributed by atoms with van der Waals surface area (Å²) in [5.41, 5.74) is 1.93. The number of rotatable bonds is 3. The number of anilines is 1. The minimum atomic E-state index is -3.82. The second-order valence-corrected chi connectivity index (χ2v) is 7.36. The SMILES string of the molecule is Cc1ccc(S(N)(=O)=O)cc1NC(=O)c1scc(C)c1Cl. The Morgan fingerprint density at radius 3 is 2.48 bits per heavy atom. The van der Waals surface area contributed by atoms with Gasteiger partial charge in [0.25, 0.3) is 5.91 Å². The Kier molecular flexibility index (Phi) is 4.38. The number of primary sulfonamides is 1. The molecule has 5 nitrogen and oxygen atoms in total. The molecule has 112 valence electrons. The van der Waals surface area contributed by atoms with Crippen LogP contribution in [-0.2, 0) is 10.0 Å². The molecule has 0 saturated heterocycles. The van der Waals surface area contributed by atoms with E-state index in [1.807, 2.05) is 6.92 Å². The van der Waals surface area contributed by atoms with Gasteiger partial charge in [-0.05, 0) is 42.5 Å². The number of nitrogens with one attached hydrogen (secondary N) is 1. The molecule has 0 radical (unpaired) electrons. The first kappa shape index (κ1) is 16.0. The van der Waals surface area contributed by atoms with Gasteiger partial charge in [-0.2, -0.15) is 0 Å². The van der Waals surface area contributed by atoms with Crippen molar-refractivity contribution < 1.29 is 13.2 Å². The van der Waals surface area contributed by atoms with Gasteiger partial charge in [-0.15, -0.1) is 11.3 Å². The number of carbonyl (C=O) groups is 1. The highest BCUT2D eigenvalue weighted by Crippen LogP contribution is 2.28. The normalized spacial score (nSPS) is 11.4. The molecule has 8 heteroatoms. The second-order valence-electron chi connectivity index (χ2n) is 4.54. The quantitative estimate of drug-likeness (QED) is 0.897. The van der Waals surface area contributed by atoms with Crippen molar-refractivity contribution in [2.24, 2.45) is 5.14 Å². The Balaban J connectivity index is 2.35. The third-order valence-electron chi connectivity index (χ3n) is 2.89. The van der Waals surface area contributed by atoms with Gasteiger partial charge in [0.15, 0.2) is 0 Å². The van der Waals surface area contributed by atoms with Crippen LogP contribution in [0.1, 0.15) is 20.8 Å². The summed E-state index contributed by atoms with van der Waals surface area (Å²) < 4.78 is 22.7. The molecule has 2 rings (SSSR count). The number of thiophene rings is 1. The second kappa shape index (κ2) is 5.76. The van der Waals surface area contributed by atoms with Crippen LogP contribution in [-0.4, -0.2) is 14.3 Å². The van der Waals surface area contributed by atoms with Crippen molar-refractivity contribution >= 4 is 44.6 Å². The lowest BCUT2D eigenvalue weighted by atomic mass is 10.2. The molecule has 1 amide bonds. The molecule has 0 saturated carbocycles. The number of carbonyl (C=O) groups excluding carboxylic acids is 1. The molecule has 1 aromatic heterocycles. The van der Waals surface area contributed by atoms with Gasteiger partial charge in [-0.3, -0.25) is 4.79 Å². The molecular weight excluding hydrogens is 332 g/mol. The standard InChI is InChI=1S/C13H13ClN2O3S2/c1-7-3-4-9(21(15,18)19)5-10(7)16-13(17)12-11(14)8(2)6-20-12/h3-6H,1-2H3,(H,16,17)(H2,15,18,19). The molecule has 0 aliphatic carbocycles. The highest BCUT2D eigenvalue weighted by atomic mass is 35.5. The van der Waals surface area contributed by atoms with Gasteiger partial charge in [-0.1, -0.05) is 17.7 Å². The number of benzene rings is 1. The molecule has 2 aromatic rings. The summed E-state index contributed by atoms with van der Waals surface area (Å²) in [6.07, 6.45) is 0. The van der Waals surface area contributed by atoms with E-state index in [2.05, 4.69) is 5.32 Å². The Morgan fingerprint density at radius 1 is 1.29 bits per heavy atom. The smallest absolute Gasteiger partial charge is 0.267 e. The van der Waals surface area contributed by atoms with Gasteiger partial charge in [0.05, 0.1) is 9.92 Å². The fourth-order valence-electron chi connectivity index (χ4n) is 1.67. The van der Waals surface area contributed by atoms with Crippen molar-refractivity contribution in [2.45, 2.75) is 18.7 Å². The molecule has 21 heavy (non-hydrogen) atoms. The fourth-order valence-corrected chi connectivity index (χ4v) is 3.39. The summed E-state index contributed by atoms with van der Waals surface area (Å²) in [5.74, 6) is -0.382. The number of hydrogen-bond acceptors (Lipinski definition) is 4. The zero-order valence-corrected chi connectivity index (χ0v) is 13.7. The number of hydrogen-bond donors (Lipinski definition) is 2. The van der Waals surface area contributed by atoms with Crippen LogP contribution in [0.15, 0.2) is 28.5 Å². The average molecular weight is 345 g/mol. The van der Waals surface area contributed by atoms with Crippen LogP contribution in [0.4, 0.5) is 5.69 Å². The fraction of sp³-hybridized carbons (Fsp3) is 0.154. The van der Waals surface area contributed by atoms with E-state index in [1.54, 1.807) is 18.4 Å². The van der Waals surface area contributed by atoms with Gasteiger partial charge in [0, 0.05) is 5.69 Å². The predicted molar refractivity (Wildman–Crippen MR) is 84.6 cm³/mol. The monoisotopic (exact) mass is 344 g/mol. The molecule has 0 aliphatic rings. The highest BCUT2D eigenvalue weighted by molar-refractivity contribution is 7.89. The number of aryl methyl sites for hydroxylation is 2. The largest absolute Gasteiger partial charge is 0.321 e. The van der Waals surface area contributed by atoms with Gasteiger partial charge >= 0.3 is 0 Å². The number of halogens is 1. The maximum atomic E-state index is 12.2. The Bertz CT molecular complexity index is 813. The van der Waals surface area contributed by atoms with Gasteiger partial charge in [0.2, 0.25) is 10.0 Å². The molecule has 0 bridgehead atoms. The lowest BCUT2D eigenvalue weighted by molar-refractivity contribution is 0.103. The molecular formula is C13H13ClN2O3S2. The Morgan fingerprint density at radius 2 is 1.95 bits per heavy atom. The van der Waals surface area contributed by atoms with E-state index in [0.717, 1.165) is 11.1 Å². The third-order valence-corrected chi connectivity index (χ3v) is 5.50. The summed E-state index contributed by atoms with van der Waals surface area (Å²) in [6, 6.07) is 4.30. The van der Waals surface area contributed by atoms with Crippen LogP contribution in [0.5, 0.6) is 0 Å². The first-order chi connectivity index (χ1) is 9.70. The Labute approximate surface area is 131 Å². The lowest BCUT2D eigenvalue weighted by Gasteiger charge is -2.09. The van der Waals surface area contributed by atoms with Crippen molar-refractivity contribution in [2.75, 3.05) is 5.32 Å². The summed E-state index contributed by atoms with van der Waals surface area (Å²) in [6.45, 7) is 3.56. The molecule has 1 aromatic carbocycles. The van der Waals surface area contributed by atoms with E-state index >= 15 is 0 Å². The first-order valence-electron chi connectivity index (χ1n) is 5.88. The van der Waals surface area contributed by atoms with E-state index in [9.17, 15) is 13.2 Å². The molecule has 0 aliphatic heterocycles. The van der Waals surface area contributed by atoms with Crippen molar-refractivity contribution in [1.29, 1.82) is 0 Å². The topological polar surface area (TPSA) is 89.3 Å². The Hall–Kier alpha value is -1.41. The molecule has 0 spiro atoms. The highest BCUT2D eigenvalue weighted by Gasteiger charge is 2.17. The van der Waals surface area contributed by atoms with Gasteiger partial charge in [0.1, 0.15) is 4.88 Å². The van der Waals surface area contributed by atoms with E-state index in [-0.39, 0.29) is 10.8 Å². The maximum Gasteiger partial charge on any atom is 0.267 e. The summed E-state index contributed by atoms with van der Waals surface area (Å²) in [5, 5.41) is 9.93. The van der Waals surface area contributed by atoms with Crippen molar-refractivity contribution in [1.82, 2.24) is 0 Å². The van der Waals surface area contributed by atoms with E-state index in [4.69, 9.17) is 16.7 Å². The van der Waals surface area contributed by atoms with Gasteiger partial charge < -0.3 is 5.32 Å². The maximum absolute atomic E-state index is 12.2. The lowest BCUT2D eigenvalue weighted by Crippen LogP contribution is -2.15. The molecule has 0 atom stereocenters. The molecule has 0 fully saturated rings. The minimum absolute atomic E-state index is 0.0585. The first-order valence-corrected chi connectivity index (χ1v) is 8.69. The number of sulfonamides is 1. The van der Waals surface area contributed by atoms with Crippen molar-refractivity contribution in [3.05, 3.63) is 44.6 Å². The summed E-state index contributed by atoms with van der Waals surface area (Å²) >= 11 is 7.28. The summed E-state index contributed by atoms with van der Waals surface area (Å²) in [4.78, 5) is 12.5. The van der Waals surface area contributed by atoms with Crippen LogP contribution < -0.4 is 10.5 Å². The van der Waals surface area contributed by atoms with Crippen molar-refractivity contribution in [3.8, 4) is 0 Å². The van der Waals surface area contributed by atoms with Crippen LogP contribution >= 0.6 is 22.9 Å². The van der Waals surface area contributed by atoms with Crippen LogP contribution in [0.2, 0.25) is 5.02 Å². The van der Waals surface area contributed by atoms with Crippen molar-refractivity contribution in [3.63, 3.8) is 0 Å². The zero-order chi connectivity index (χ0) is 15.8. The molecule has 1 heterocycles. The zero-order valence-electron chi connectivity index (χ0n) is 11.3. The van der Waals surface area contributed by atoms with Crippen LogP contribution in [0.25, 0.3) is 0 Å². The summed E-state index contributed by atoms with van der Waals surface area (Å²) in [7, 11) is -3.82. The van der Waals surface area contributed by atoms with E-state index in [1.165, 1.54) is 23.5 Å².